The number of nitrogens with one attached hydrogen (secondary N) is 1. The highest BCUT2D eigenvalue weighted by molar-refractivity contribution is 5.50. The highest BCUT2D eigenvalue weighted by Crippen LogP contribution is 2.08. The molecule has 0 unspecified atom stereocenters. The fraction of sp³-hybridized carbons (Fsp3) is 0.167. The third-order valence-corrected chi connectivity index (χ3v) is 2.27. The summed E-state index contributed by atoms with van der Waals surface area (Å²) in [6.07, 6.45) is 6.08. The number of hydrogen-bond acceptors (Lipinski definition) is 1. The molecular formula is C12H16FN3+2. The van der Waals surface area contributed by atoms with Crippen LogP contribution in [0.4, 0.5) is 16.2 Å². The molecule has 84 valence electrons. The van der Waals surface area contributed by atoms with Gasteiger partial charge in [-0.3, -0.25) is 4.70 Å². The summed E-state index contributed by atoms with van der Waals surface area (Å²) in [4.78, 5) is 0. The van der Waals surface area contributed by atoms with Crippen LogP contribution in [0.3, 0.4) is 0 Å². The number of aryl methyl sites for hydroxylation is 2. The van der Waals surface area contributed by atoms with E-state index in [2.05, 4.69) is 5.32 Å². The summed E-state index contributed by atoms with van der Waals surface area (Å²) in [5.74, 6) is 1.07. The Balaban J connectivity index is 0.00000128. The third-order valence-electron chi connectivity index (χ3n) is 2.27. The number of nitrogens with zero attached hydrogens (tertiary/aromatic N) is 2. The van der Waals surface area contributed by atoms with Crippen LogP contribution >= 0.6 is 0 Å². The Labute approximate surface area is 94.4 Å². The van der Waals surface area contributed by atoms with Gasteiger partial charge in [0.1, 0.15) is 7.05 Å². The molecular weight excluding hydrogens is 205 g/mol. The van der Waals surface area contributed by atoms with E-state index < -0.39 is 0 Å². The lowest BCUT2D eigenvalue weighted by Gasteiger charge is -2.00. The van der Waals surface area contributed by atoms with E-state index in [-0.39, 0.29) is 4.70 Å². The predicted octanol–water partition coefficient (Wildman–Crippen LogP) is 1.23. The first-order valence-electron chi connectivity index (χ1n) is 4.93. The van der Waals surface area contributed by atoms with Crippen molar-refractivity contribution in [1.29, 1.82) is 0 Å². The maximum atomic E-state index is 3.36. The van der Waals surface area contributed by atoms with Crippen molar-refractivity contribution >= 4 is 11.5 Å². The molecule has 2 heterocycles. The van der Waals surface area contributed by atoms with Crippen LogP contribution in [-0.2, 0) is 14.1 Å². The molecule has 0 fully saturated rings. The molecule has 0 amide bonds. The Hall–Kier alpha value is -1.97. The zero-order valence-corrected chi connectivity index (χ0v) is 9.42. The fourth-order valence-corrected chi connectivity index (χ4v) is 1.46. The van der Waals surface area contributed by atoms with Gasteiger partial charge in [0.2, 0.25) is 6.20 Å². The lowest BCUT2D eigenvalue weighted by molar-refractivity contribution is -0.671. The Morgan fingerprint density at radius 2 is 1.81 bits per heavy atom. The van der Waals surface area contributed by atoms with Gasteiger partial charge in [-0.05, 0) is 12.1 Å². The number of anilines is 2. The van der Waals surface area contributed by atoms with Gasteiger partial charge in [-0.2, -0.15) is 0 Å². The summed E-state index contributed by atoms with van der Waals surface area (Å²) in [6.45, 7) is 0. The second-order valence-corrected chi connectivity index (χ2v) is 3.58. The van der Waals surface area contributed by atoms with Crippen molar-refractivity contribution < 1.29 is 13.8 Å². The maximum Gasteiger partial charge on any atom is 0.279 e. The first-order chi connectivity index (χ1) is 7.25. The van der Waals surface area contributed by atoms with Gasteiger partial charge in [0.25, 0.3) is 5.82 Å². The maximum absolute atomic E-state index is 3.36. The summed E-state index contributed by atoms with van der Waals surface area (Å²) < 4.78 is 4.07. The van der Waals surface area contributed by atoms with Gasteiger partial charge in [-0.1, -0.05) is 6.07 Å². The summed E-state index contributed by atoms with van der Waals surface area (Å²) >= 11 is 0. The van der Waals surface area contributed by atoms with Gasteiger partial charge < -0.3 is 0 Å². The highest BCUT2D eigenvalue weighted by Gasteiger charge is 2.07. The van der Waals surface area contributed by atoms with Gasteiger partial charge in [0.05, 0.1) is 13.2 Å². The fourth-order valence-electron chi connectivity index (χ4n) is 1.46. The van der Waals surface area contributed by atoms with E-state index in [4.69, 9.17) is 0 Å². The Morgan fingerprint density at radius 3 is 2.50 bits per heavy atom. The number of rotatable bonds is 2. The molecule has 3 nitrogen and oxygen atoms in total. The van der Waals surface area contributed by atoms with Gasteiger partial charge in [-0.15, -0.1) is 0 Å². The summed E-state index contributed by atoms with van der Waals surface area (Å²) in [6, 6.07) is 10.1. The van der Waals surface area contributed by atoms with E-state index in [1.165, 1.54) is 0 Å². The van der Waals surface area contributed by atoms with Crippen LogP contribution in [0.1, 0.15) is 0 Å². The van der Waals surface area contributed by atoms with Crippen molar-refractivity contribution in [2.45, 2.75) is 0 Å². The summed E-state index contributed by atoms with van der Waals surface area (Å²) in [7, 11) is 4.03. The Kier molecular flexibility index (Phi) is 3.94. The average molecular weight is 221 g/mol. The van der Waals surface area contributed by atoms with Crippen molar-refractivity contribution in [3.8, 4) is 0 Å². The molecule has 0 saturated carbocycles. The van der Waals surface area contributed by atoms with Gasteiger partial charge in [0, 0.05) is 12.1 Å². The molecule has 2 rings (SSSR count). The largest absolute Gasteiger partial charge is 0.279 e. The zero-order valence-electron chi connectivity index (χ0n) is 9.42. The molecule has 0 saturated heterocycles. The molecule has 0 atom stereocenters. The smallest absolute Gasteiger partial charge is 0.269 e. The molecule has 0 aliphatic carbocycles. The zero-order chi connectivity index (χ0) is 10.7. The molecule has 0 aliphatic rings. The quantitative estimate of drug-likeness (QED) is 0.756. The standard InChI is InChI=1S/C12H14N3.FH/c1-14-8-5-6-11(10-14)13-12-7-3-4-9-15(12)2;/h3-10H,1-2H3;1H/q+1;/p+1. The second kappa shape index (κ2) is 5.21. The molecule has 16 heavy (non-hydrogen) atoms. The first kappa shape index (κ1) is 12.1. The van der Waals surface area contributed by atoms with Crippen LogP contribution in [0.2, 0.25) is 0 Å². The lowest BCUT2D eigenvalue weighted by Crippen LogP contribution is -2.31. The molecule has 4 heteroatoms. The van der Waals surface area contributed by atoms with Crippen molar-refractivity contribution in [3.05, 3.63) is 48.9 Å². The number of halogens is 1. The molecule has 1 N–H and O–H groups in total. The van der Waals surface area contributed by atoms with Crippen molar-refractivity contribution in [2.75, 3.05) is 5.32 Å². The van der Waals surface area contributed by atoms with Crippen molar-refractivity contribution in [3.63, 3.8) is 0 Å². The van der Waals surface area contributed by atoms with E-state index in [9.17, 15) is 0 Å². The predicted molar refractivity (Wildman–Crippen MR) is 61.0 cm³/mol. The molecule has 2 aromatic heterocycles. The van der Waals surface area contributed by atoms with Crippen LogP contribution in [0.5, 0.6) is 0 Å². The summed E-state index contributed by atoms with van der Waals surface area (Å²) in [5.41, 5.74) is 1.09. The molecule has 0 aliphatic heterocycles. The Bertz CT molecular complexity index is 471. The third kappa shape index (κ3) is 2.76. The van der Waals surface area contributed by atoms with Gasteiger partial charge >= 0.3 is 0 Å². The molecule has 0 aromatic carbocycles. The lowest BCUT2D eigenvalue weighted by atomic mass is 10.4. The van der Waals surface area contributed by atoms with Crippen LogP contribution < -0.4 is 14.5 Å². The van der Waals surface area contributed by atoms with E-state index in [1.54, 1.807) is 0 Å². The molecule has 0 spiro atoms. The average Bonchev–Trinajstić information content (AvgIpc) is 2.22. The minimum atomic E-state index is 0. The highest BCUT2D eigenvalue weighted by atomic mass is 19.0. The van der Waals surface area contributed by atoms with E-state index >= 15 is 0 Å². The monoisotopic (exact) mass is 221 g/mol. The minimum Gasteiger partial charge on any atom is -0.269 e. The van der Waals surface area contributed by atoms with Gasteiger partial charge in [-0.25, -0.2) is 14.5 Å². The first-order valence-corrected chi connectivity index (χ1v) is 4.93. The topological polar surface area (TPSA) is 19.8 Å². The number of hydrogen-bond donors (Lipinski definition) is 1. The number of pyridine rings is 2. The van der Waals surface area contributed by atoms with Crippen molar-refractivity contribution in [2.24, 2.45) is 14.1 Å². The van der Waals surface area contributed by atoms with Gasteiger partial charge in [0.15, 0.2) is 11.9 Å². The van der Waals surface area contributed by atoms with E-state index in [1.807, 2.05) is 72.2 Å². The van der Waals surface area contributed by atoms with Crippen LogP contribution in [0.15, 0.2) is 48.9 Å². The molecule has 2 aromatic rings. The van der Waals surface area contributed by atoms with E-state index in [0.717, 1.165) is 11.5 Å². The summed E-state index contributed by atoms with van der Waals surface area (Å²) in [5, 5.41) is 3.36. The normalized spacial score (nSPS) is 9.38. The SMILES string of the molecule is C[n+]1cccc(Nc2cccc[n+]2C)c1.F. The van der Waals surface area contributed by atoms with Crippen LogP contribution in [-0.4, -0.2) is 0 Å². The van der Waals surface area contributed by atoms with Crippen molar-refractivity contribution in [1.82, 2.24) is 0 Å². The molecule has 0 radical (unpaired) electrons. The number of aromatic nitrogens is 2. The second-order valence-electron chi connectivity index (χ2n) is 3.58. The van der Waals surface area contributed by atoms with Crippen LogP contribution in [0.25, 0.3) is 0 Å². The Morgan fingerprint density at radius 1 is 1.00 bits per heavy atom. The van der Waals surface area contributed by atoms with E-state index in [0.29, 0.717) is 0 Å². The molecule has 0 bridgehead atoms. The van der Waals surface area contributed by atoms with Crippen LogP contribution in [0, 0.1) is 0 Å². The minimum absolute atomic E-state index is 0.